The Morgan fingerprint density at radius 3 is 2.20 bits per heavy atom. The number of ether oxygens (including phenoxy) is 1. The third-order valence-electron chi connectivity index (χ3n) is 4.53. The highest BCUT2D eigenvalue weighted by atomic mass is 16.5. The summed E-state index contributed by atoms with van der Waals surface area (Å²) in [6.07, 6.45) is 1.64. The molecule has 30 heavy (non-hydrogen) atoms. The summed E-state index contributed by atoms with van der Waals surface area (Å²) in [5.74, 6) is 0.00526. The Morgan fingerprint density at radius 1 is 0.900 bits per heavy atom. The minimum absolute atomic E-state index is 0.168. The first-order valence-electron chi connectivity index (χ1n) is 9.61. The number of aryl methyl sites for hydroxylation is 1. The molecule has 0 aromatic heterocycles. The van der Waals surface area contributed by atoms with Crippen molar-refractivity contribution in [1.29, 1.82) is 0 Å². The predicted octanol–water partition coefficient (Wildman–Crippen LogP) is 4.09. The second kappa shape index (κ2) is 10.1. The Balaban J connectivity index is 1.81. The van der Waals surface area contributed by atoms with Crippen LogP contribution in [-0.2, 0) is 11.3 Å². The van der Waals surface area contributed by atoms with Gasteiger partial charge < -0.3 is 15.4 Å². The van der Waals surface area contributed by atoms with E-state index in [9.17, 15) is 9.59 Å². The maximum absolute atomic E-state index is 12.8. The molecule has 2 N–H and O–H groups in total. The fourth-order valence-electron chi connectivity index (χ4n) is 2.80. The minimum atomic E-state index is -0.366. The smallest absolute Gasteiger partial charge is 0.268 e. The Kier molecular flexibility index (Phi) is 7.00. The van der Waals surface area contributed by atoms with E-state index in [0.29, 0.717) is 17.9 Å². The summed E-state index contributed by atoms with van der Waals surface area (Å²) >= 11 is 0. The summed E-state index contributed by atoms with van der Waals surface area (Å²) in [5, 5.41) is 5.61. The molecule has 0 saturated heterocycles. The van der Waals surface area contributed by atoms with Gasteiger partial charge in [-0.2, -0.15) is 0 Å². The number of carbonyl (C=O) groups is 2. The fourth-order valence-corrected chi connectivity index (χ4v) is 2.80. The zero-order chi connectivity index (χ0) is 21.3. The van der Waals surface area contributed by atoms with Crippen molar-refractivity contribution in [1.82, 2.24) is 10.6 Å². The zero-order valence-corrected chi connectivity index (χ0v) is 17.0. The lowest BCUT2D eigenvalue weighted by Crippen LogP contribution is -2.34. The Bertz CT molecular complexity index is 1020. The van der Waals surface area contributed by atoms with Crippen molar-refractivity contribution in [3.8, 4) is 5.75 Å². The molecule has 0 unspecified atom stereocenters. The number of carbonyl (C=O) groups excluding carboxylic acids is 2. The number of benzene rings is 3. The highest BCUT2D eigenvalue weighted by molar-refractivity contribution is 6.05. The molecule has 0 radical (unpaired) electrons. The average Bonchev–Trinajstić information content (AvgIpc) is 2.78. The lowest BCUT2D eigenvalue weighted by molar-refractivity contribution is -0.117. The number of amides is 2. The number of methoxy groups -OCH3 is 1. The first-order chi connectivity index (χ1) is 14.5. The summed E-state index contributed by atoms with van der Waals surface area (Å²) in [4.78, 5) is 25.5. The highest BCUT2D eigenvalue weighted by Gasteiger charge is 2.14. The lowest BCUT2D eigenvalue weighted by atomic mass is 10.1. The van der Waals surface area contributed by atoms with Crippen LogP contribution in [0.3, 0.4) is 0 Å². The quantitative estimate of drug-likeness (QED) is 0.587. The van der Waals surface area contributed by atoms with Gasteiger partial charge >= 0.3 is 0 Å². The molecular weight excluding hydrogens is 376 g/mol. The first-order valence-corrected chi connectivity index (χ1v) is 9.61. The van der Waals surface area contributed by atoms with Crippen LogP contribution in [0.2, 0.25) is 0 Å². The van der Waals surface area contributed by atoms with Crippen LogP contribution in [-0.4, -0.2) is 18.9 Å². The van der Waals surface area contributed by atoms with E-state index in [1.807, 2.05) is 61.5 Å². The molecule has 0 aliphatic rings. The molecule has 5 nitrogen and oxygen atoms in total. The van der Waals surface area contributed by atoms with Crippen molar-refractivity contribution in [3.63, 3.8) is 0 Å². The minimum Gasteiger partial charge on any atom is -0.497 e. The maximum Gasteiger partial charge on any atom is 0.268 e. The number of nitrogens with one attached hydrogen (secondary N) is 2. The molecule has 0 heterocycles. The van der Waals surface area contributed by atoms with Crippen LogP contribution in [0, 0.1) is 6.92 Å². The van der Waals surface area contributed by atoms with Gasteiger partial charge in [0.25, 0.3) is 11.8 Å². The van der Waals surface area contributed by atoms with E-state index in [1.165, 1.54) is 0 Å². The van der Waals surface area contributed by atoms with E-state index in [0.717, 1.165) is 16.7 Å². The highest BCUT2D eigenvalue weighted by Crippen LogP contribution is 2.14. The molecule has 0 aliphatic heterocycles. The number of rotatable bonds is 7. The van der Waals surface area contributed by atoms with Gasteiger partial charge in [-0.1, -0.05) is 60.2 Å². The van der Waals surface area contributed by atoms with Gasteiger partial charge in [-0.15, -0.1) is 0 Å². The van der Waals surface area contributed by atoms with E-state index in [4.69, 9.17) is 4.74 Å². The van der Waals surface area contributed by atoms with Crippen LogP contribution >= 0.6 is 0 Å². The van der Waals surface area contributed by atoms with Crippen molar-refractivity contribution < 1.29 is 14.3 Å². The lowest BCUT2D eigenvalue weighted by Gasteiger charge is -2.12. The van der Waals surface area contributed by atoms with Crippen molar-refractivity contribution >= 4 is 17.9 Å². The number of hydrogen-bond donors (Lipinski definition) is 2. The van der Waals surface area contributed by atoms with E-state index >= 15 is 0 Å². The normalized spacial score (nSPS) is 10.9. The standard InChI is InChI=1S/C25H24N2O3/c1-18-8-12-21(13-9-18)24(28)27-23(16-19-10-14-22(30-2)15-11-19)25(29)26-17-20-6-4-3-5-7-20/h3-16H,17H2,1-2H3,(H,26,29)(H,27,28). The molecule has 0 bridgehead atoms. The molecule has 5 heteroatoms. The van der Waals surface area contributed by atoms with Crippen molar-refractivity contribution in [2.24, 2.45) is 0 Å². The van der Waals surface area contributed by atoms with Crippen LogP contribution in [0.1, 0.15) is 27.0 Å². The van der Waals surface area contributed by atoms with E-state index in [2.05, 4.69) is 10.6 Å². The molecule has 3 aromatic rings. The first kappa shape index (κ1) is 20.9. The topological polar surface area (TPSA) is 67.4 Å². The predicted molar refractivity (Wildman–Crippen MR) is 118 cm³/mol. The summed E-state index contributed by atoms with van der Waals surface area (Å²) in [6, 6.07) is 24.0. The average molecular weight is 400 g/mol. The monoisotopic (exact) mass is 400 g/mol. The fraction of sp³-hybridized carbons (Fsp3) is 0.120. The molecular formula is C25H24N2O3. The summed E-state index contributed by atoms with van der Waals surface area (Å²) in [5.41, 5.74) is 3.45. The van der Waals surface area contributed by atoms with Gasteiger partial charge in [0, 0.05) is 12.1 Å². The van der Waals surface area contributed by atoms with Crippen molar-refractivity contribution in [3.05, 3.63) is 107 Å². The molecule has 152 valence electrons. The molecule has 0 spiro atoms. The Hall–Kier alpha value is -3.86. The second-order valence-electron chi connectivity index (χ2n) is 6.82. The zero-order valence-electron chi connectivity index (χ0n) is 17.0. The number of hydrogen-bond acceptors (Lipinski definition) is 3. The Labute approximate surface area is 176 Å². The Morgan fingerprint density at radius 2 is 1.57 bits per heavy atom. The largest absolute Gasteiger partial charge is 0.497 e. The molecule has 0 saturated carbocycles. The third-order valence-corrected chi connectivity index (χ3v) is 4.53. The van der Waals surface area contributed by atoms with E-state index < -0.39 is 0 Å². The molecule has 3 aromatic carbocycles. The van der Waals surface area contributed by atoms with Gasteiger partial charge in [0.1, 0.15) is 11.4 Å². The van der Waals surface area contributed by atoms with Crippen LogP contribution in [0.25, 0.3) is 6.08 Å². The maximum atomic E-state index is 12.8. The van der Waals surface area contributed by atoms with Gasteiger partial charge in [-0.25, -0.2) is 0 Å². The van der Waals surface area contributed by atoms with Gasteiger partial charge in [0.2, 0.25) is 0 Å². The molecule has 0 atom stereocenters. The van der Waals surface area contributed by atoms with E-state index in [-0.39, 0.29) is 17.5 Å². The second-order valence-corrected chi connectivity index (χ2v) is 6.82. The third kappa shape index (κ3) is 5.82. The molecule has 3 rings (SSSR count). The van der Waals surface area contributed by atoms with Gasteiger partial charge in [-0.05, 0) is 48.4 Å². The van der Waals surface area contributed by atoms with Crippen molar-refractivity contribution in [2.75, 3.05) is 7.11 Å². The molecule has 0 fully saturated rings. The van der Waals surface area contributed by atoms with Gasteiger partial charge in [0.05, 0.1) is 7.11 Å². The van der Waals surface area contributed by atoms with Gasteiger partial charge in [-0.3, -0.25) is 9.59 Å². The summed E-state index contributed by atoms with van der Waals surface area (Å²) in [6.45, 7) is 2.31. The van der Waals surface area contributed by atoms with Crippen LogP contribution in [0.4, 0.5) is 0 Å². The van der Waals surface area contributed by atoms with Crippen LogP contribution in [0.15, 0.2) is 84.6 Å². The van der Waals surface area contributed by atoms with Crippen LogP contribution < -0.4 is 15.4 Å². The van der Waals surface area contributed by atoms with Crippen LogP contribution in [0.5, 0.6) is 5.75 Å². The van der Waals surface area contributed by atoms with E-state index in [1.54, 1.807) is 37.5 Å². The molecule has 0 aliphatic carbocycles. The van der Waals surface area contributed by atoms with Crippen molar-refractivity contribution in [2.45, 2.75) is 13.5 Å². The van der Waals surface area contributed by atoms with Gasteiger partial charge in [0.15, 0.2) is 0 Å². The molecule has 2 amide bonds. The summed E-state index contributed by atoms with van der Waals surface area (Å²) < 4.78 is 5.17. The SMILES string of the molecule is COc1ccc(C=C(NC(=O)c2ccc(C)cc2)C(=O)NCc2ccccc2)cc1. The summed E-state index contributed by atoms with van der Waals surface area (Å²) in [7, 11) is 1.59.